The fourth-order valence-electron chi connectivity index (χ4n) is 0.885. The number of rotatable bonds is 5. The highest BCUT2D eigenvalue weighted by Gasteiger charge is 2.44. The molecular formula is C8H12Cl4F2O2. The molecular weight excluding hydrogens is 308 g/mol. The van der Waals surface area contributed by atoms with Gasteiger partial charge in [-0.1, -0.05) is 34.8 Å². The van der Waals surface area contributed by atoms with Gasteiger partial charge in [0.1, 0.15) is 5.60 Å². The van der Waals surface area contributed by atoms with Crippen LogP contribution in [0.25, 0.3) is 0 Å². The van der Waals surface area contributed by atoms with Crippen molar-refractivity contribution in [1.82, 2.24) is 0 Å². The molecule has 0 aliphatic carbocycles. The van der Waals surface area contributed by atoms with Gasteiger partial charge >= 0.3 is 5.38 Å². The van der Waals surface area contributed by atoms with E-state index in [4.69, 9.17) is 56.2 Å². The summed E-state index contributed by atoms with van der Waals surface area (Å²) in [5.41, 5.74) is -1.33. The van der Waals surface area contributed by atoms with Gasteiger partial charge in [-0.25, -0.2) is 0 Å². The topological polar surface area (TPSA) is 29.5 Å². The molecule has 0 aliphatic rings. The normalized spacial score (nSPS) is 16.3. The number of aliphatic hydroxyl groups is 1. The Balaban J connectivity index is 4.55. The average molecular weight is 320 g/mol. The fraction of sp³-hybridized carbons (Fsp3) is 1.00. The zero-order valence-corrected chi connectivity index (χ0v) is 11.6. The Labute approximate surface area is 113 Å². The van der Waals surface area contributed by atoms with Crippen LogP contribution in [0, 0.1) is 0 Å². The van der Waals surface area contributed by atoms with Crippen LogP contribution in [0.1, 0.15) is 20.3 Å². The molecule has 0 spiro atoms. The molecule has 0 saturated heterocycles. The number of ether oxygens (including phenoxy) is 1. The van der Waals surface area contributed by atoms with Crippen molar-refractivity contribution in [1.29, 1.82) is 0 Å². The van der Waals surface area contributed by atoms with Crippen LogP contribution in [0.4, 0.5) is 8.78 Å². The lowest BCUT2D eigenvalue weighted by Gasteiger charge is -2.36. The Morgan fingerprint density at radius 2 is 1.62 bits per heavy atom. The van der Waals surface area contributed by atoms with E-state index < -0.39 is 33.9 Å². The summed E-state index contributed by atoms with van der Waals surface area (Å²) in [6.07, 6.45) is -2.08. The number of alkyl halides is 6. The molecule has 2 nitrogen and oxygen atoms in total. The molecule has 0 aromatic rings. The minimum Gasteiger partial charge on any atom is -0.394 e. The van der Waals surface area contributed by atoms with Crippen molar-refractivity contribution in [3.05, 3.63) is 0 Å². The first-order valence-electron chi connectivity index (χ1n) is 4.31. The van der Waals surface area contributed by atoms with Crippen molar-refractivity contribution >= 4 is 46.4 Å². The van der Waals surface area contributed by atoms with Gasteiger partial charge in [0, 0.05) is 0 Å². The minimum absolute atomic E-state index is 0.646. The first-order chi connectivity index (χ1) is 6.89. The third kappa shape index (κ3) is 6.03. The Kier molecular flexibility index (Phi) is 6.06. The summed E-state index contributed by atoms with van der Waals surface area (Å²) < 4.78 is 28.3. The monoisotopic (exact) mass is 318 g/mol. The summed E-state index contributed by atoms with van der Waals surface area (Å²) in [5.74, 6) is 0. The maximum Gasteiger partial charge on any atom is 0.324 e. The lowest BCUT2D eigenvalue weighted by Crippen LogP contribution is -2.44. The van der Waals surface area contributed by atoms with Gasteiger partial charge in [-0.2, -0.15) is 8.78 Å². The van der Waals surface area contributed by atoms with E-state index in [1.54, 1.807) is 0 Å². The molecule has 0 amide bonds. The Morgan fingerprint density at radius 3 is 1.88 bits per heavy atom. The highest BCUT2D eigenvalue weighted by atomic mass is 35.6. The highest BCUT2D eigenvalue weighted by Crippen LogP contribution is 2.41. The van der Waals surface area contributed by atoms with Gasteiger partial charge in [-0.15, -0.1) is 0 Å². The molecule has 0 bridgehead atoms. The standard InChI is InChI=1S/C8H12Cl4F2O2/c1-6(2,8(10,11)12)16-5(4-15)3-7(9,13)14/h5,15H,3-4H2,1-2H3. The van der Waals surface area contributed by atoms with Crippen LogP contribution in [-0.4, -0.2) is 32.6 Å². The van der Waals surface area contributed by atoms with Crippen molar-refractivity contribution in [2.75, 3.05) is 6.61 Å². The van der Waals surface area contributed by atoms with Gasteiger partial charge in [0.05, 0.1) is 19.1 Å². The average Bonchev–Trinajstić information content (AvgIpc) is 1.97. The second-order valence-electron chi connectivity index (χ2n) is 3.75. The van der Waals surface area contributed by atoms with Crippen LogP contribution < -0.4 is 0 Å². The Morgan fingerprint density at radius 1 is 1.19 bits per heavy atom. The molecule has 0 saturated carbocycles. The van der Waals surface area contributed by atoms with Gasteiger partial charge in [0.25, 0.3) is 0 Å². The molecule has 0 fully saturated rings. The predicted octanol–water partition coefficient (Wildman–Crippen LogP) is 3.73. The van der Waals surface area contributed by atoms with E-state index in [-0.39, 0.29) is 0 Å². The zero-order valence-electron chi connectivity index (χ0n) is 8.61. The Hall–Kier alpha value is 0.940. The van der Waals surface area contributed by atoms with Crippen LogP contribution in [0.3, 0.4) is 0 Å². The predicted molar refractivity (Wildman–Crippen MR) is 61.7 cm³/mol. The van der Waals surface area contributed by atoms with Crippen LogP contribution >= 0.6 is 46.4 Å². The van der Waals surface area contributed by atoms with Crippen LogP contribution in [0.5, 0.6) is 0 Å². The maximum atomic E-state index is 12.5. The van der Waals surface area contributed by atoms with E-state index in [2.05, 4.69) is 0 Å². The third-order valence-corrected chi connectivity index (χ3v) is 3.33. The van der Waals surface area contributed by atoms with Crippen molar-refractivity contribution < 1.29 is 18.6 Å². The molecule has 16 heavy (non-hydrogen) atoms. The SMILES string of the molecule is CC(C)(OC(CO)CC(F)(F)Cl)C(Cl)(Cl)Cl. The molecule has 0 rings (SSSR count). The third-order valence-electron chi connectivity index (χ3n) is 1.81. The van der Waals surface area contributed by atoms with E-state index >= 15 is 0 Å². The molecule has 0 heterocycles. The fourth-order valence-corrected chi connectivity index (χ4v) is 1.19. The molecule has 0 aromatic heterocycles. The van der Waals surface area contributed by atoms with Gasteiger partial charge in [-0.3, -0.25) is 0 Å². The first-order valence-corrected chi connectivity index (χ1v) is 5.82. The zero-order chi connectivity index (χ0) is 13.2. The van der Waals surface area contributed by atoms with Gasteiger partial charge in [0.2, 0.25) is 3.79 Å². The van der Waals surface area contributed by atoms with Crippen LogP contribution in [0.2, 0.25) is 0 Å². The maximum absolute atomic E-state index is 12.5. The van der Waals surface area contributed by atoms with Crippen molar-refractivity contribution in [2.45, 2.75) is 41.1 Å². The van der Waals surface area contributed by atoms with Crippen LogP contribution in [-0.2, 0) is 4.74 Å². The highest BCUT2D eigenvalue weighted by molar-refractivity contribution is 6.68. The lowest BCUT2D eigenvalue weighted by atomic mass is 10.1. The van der Waals surface area contributed by atoms with Crippen molar-refractivity contribution in [3.8, 4) is 0 Å². The van der Waals surface area contributed by atoms with E-state index in [0.717, 1.165) is 0 Å². The molecule has 1 atom stereocenters. The summed E-state index contributed by atoms with van der Waals surface area (Å²) in [4.78, 5) is 0. The molecule has 0 aliphatic heterocycles. The number of halogens is 6. The van der Waals surface area contributed by atoms with Gasteiger partial charge < -0.3 is 9.84 Å². The van der Waals surface area contributed by atoms with Gasteiger partial charge in [-0.05, 0) is 25.4 Å². The largest absolute Gasteiger partial charge is 0.394 e. The summed E-state index contributed by atoms with van der Waals surface area (Å²) in [7, 11) is 0. The number of hydrogen-bond acceptors (Lipinski definition) is 2. The molecule has 0 radical (unpaired) electrons. The molecule has 98 valence electrons. The second-order valence-corrected chi connectivity index (χ2v) is 6.58. The molecule has 8 heteroatoms. The van der Waals surface area contributed by atoms with Crippen molar-refractivity contribution in [2.24, 2.45) is 0 Å². The number of aliphatic hydroxyl groups excluding tert-OH is 1. The summed E-state index contributed by atoms with van der Waals surface area (Å²) >= 11 is 21.5. The van der Waals surface area contributed by atoms with E-state index in [1.807, 2.05) is 0 Å². The van der Waals surface area contributed by atoms with E-state index in [9.17, 15) is 8.78 Å². The smallest absolute Gasteiger partial charge is 0.324 e. The Bertz CT molecular complexity index is 225. The quantitative estimate of drug-likeness (QED) is 0.782. The summed E-state index contributed by atoms with van der Waals surface area (Å²) in [6.45, 7) is 2.18. The molecule has 0 aromatic carbocycles. The summed E-state index contributed by atoms with van der Waals surface area (Å²) in [5, 5.41) is 5.40. The van der Waals surface area contributed by atoms with Crippen molar-refractivity contribution in [3.63, 3.8) is 0 Å². The first kappa shape index (κ1) is 16.9. The minimum atomic E-state index is -3.48. The van der Waals surface area contributed by atoms with Crippen LogP contribution in [0.15, 0.2) is 0 Å². The van der Waals surface area contributed by atoms with E-state index in [0.29, 0.717) is 0 Å². The summed E-state index contributed by atoms with van der Waals surface area (Å²) in [6, 6.07) is 0. The van der Waals surface area contributed by atoms with E-state index in [1.165, 1.54) is 13.8 Å². The lowest BCUT2D eigenvalue weighted by molar-refractivity contribution is -0.112. The molecule has 1 unspecified atom stereocenters. The van der Waals surface area contributed by atoms with Gasteiger partial charge in [0.15, 0.2) is 0 Å². The second kappa shape index (κ2) is 5.72. The number of hydrogen-bond donors (Lipinski definition) is 1. The molecule has 1 N–H and O–H groups in total.